The molecule has 0 aliphatic rings. The number of amides is 1. The third-order valence-corrected chi connectivity index (χ3v) is 3.33. The summed E-state index contributed by atoms with van der Waals surface area (Å²) in [7, 11) is 0. The van der Waals surface area contributed by atoms with E-state index in [1.165, 1.54) is 36.4 Å². The molecule has 0 radical (unpaired) electrons. The fraction of sp³-hybridized carbons (Fsp3) is 0.278. The Morgan fingerprint density at radius 2 is 1.48 bits per heavy atom. The van der Waals surface area contributed by atoms with Crippen LogP contribution in [-0.2, 0) is 17.8 Å². The van der Waals surface area contributed by atoms with Gasteiger partial charge in [0.1, 0.15) is 11.5 Å². The van der Waals surface area contributed by atoms with Gasteiger partial charge in [0, 0.05) is 6.54 Å². The van der Waals surface area contributed by atoms with Gasteiger partial charge in [-0.2, -0.15) is 22.0 Å². The number of hydrogen-bond acceptors (Lipinski definition) is 3. The lowest BCUT2D eigenvalue weighted by atomic mass is 10.1. The first kappa shape index (κ1) is 20.5. The van der Waals surface area contributed by atoms with Gasteiger partial charge in [-0.3, -0.25) is 4.79 Å². The molecule has 0 aliphatic heterocycles. The van der Waals surface area contributed by atoms with Crippen molar-refractivity contribution in [3.8, 4) is 11.5 Å². The molecule has 1 amide bonds. The van der Waals surface area contributed by atoms with Gasteiger partial charge in [-0.25, -0.2) is 0 Å². The fourth-order valence-electron chi connectivity index (χ4n) is 2.11. The van der Waals surface area contributed by atoms with Crippen molar-refractivity contribution in [2.24, 2.45) is 0 Å². The average molecular weight is 389 g/mol. The Kier molecular flexibility index (Phi) is 6.98. The number of halogens is 5. The number of alkyl halides is 5. The number of carbonyl (C=O) groups excluding carboxylic acids is 1. The van der Waals surface area contributed by atoms with Crippen LogP contribution in [-0.4, -0.2) is 25.3 Å². The first-order chi connectivity index (χ1) is 12.7. The van der Waals surface area contributed by atoms with E-state index in [4.69, 9.17) is 0 Å². The second kappa shape index (κ2) is 9.20. The Morgan fingerprint density at radius 1 is 0.926 bits per heavy atom. The molecular weight excluding hydrogens is 373 g/mol. The predicted octanol–water partition coefficient (Wildman–Crippen LogP) is 4.09. The highest BCUT2D eigenvalue weighted by Gasteiger charge is 2.28. The summed E-state index contributed by atoms with van der Waals surface area (Å²) in [6.45, 7) is -4.10. The maximum absolute atomic E-state index is 12.1. The van der Waals surface area contributed by atoms with Crippen LogP contribution in [0.25, 0.3) is 0 Å². The highest BCUT2D eigenvalue weighted by atomic mass is 19.4. The standard InChI is InChI=1S/C18H16F5NO3/c19-17(20)27-15-7-1-12(2-8-15)9-16(25)24-10-13-3-5-14(6-4-13)26-11-18(21,22)23/h1-8,17H,9-11H2,(H,24,25). The SMILES string of the molecule is O=C(Cc1ccc(OC(F)F)cc1)NCc1ccc(OCC(F)(F)F)cc1. The minimum Gasteiger partial charge on any atom is -0.484 e. The van der Waals surface area contributed by atoms with Crippen molar-refractivity contribution in [2.45, 2.75) is 25.8 Å². The quantitative estimate of drug-likeness (QED) is 0.692. The lowest BCUT2D eigenvalue weighted by Gasteiger charge is -2.10. The summed E-state index contributed by atoms with van der Waals surface area (Å²) in [6.07, 6.45) is -4.36. The number of rotatable bonds is 8. The number of hydrogen-bond donors (Lipinski definition) is 1. The predicted molar refractivity (Wildman–Crippen MR) is 86.6 cm³/mol. The largest absolute Gasteiger partial charge is 0.484 e. The van der Waals surface area contributed by atoms with Crippen molar-refractivity contribution in [3.05, 3.63) is 59.7 Å². The molecular formula is C18H16F5NO3. The van der Waals surface area contributed by atoms with Gasteiger partial charge in [0.2, 0.25) is 5.91 Å². The van der Waals surface area contributed by atoms with Crippen LogP contribution in [0.3, 0.4) is 0 Å². The molecule has 0 atom stereocenters. The zero-order valence-corrected chi connectivity index (χ0v) is 13.9. The van der Waals surface area contributed by atoms with E-state index in [9.17, 15) is 26.7 Å². The van der Waals surface area contributed by atoms with Crippen LogP contribution in [0.15, 0.2) is 48.5 Å². The highest BCUT2D eigenvalue weighted by Crippen LogP contribution is 2.19. The number of benzene rings is 2. The molecule has 2 aromatic rings. The topological polar surface area (TPSA) is 47.6 Å². The summed E-state index contributed by atoms with van der Waals surface area (Å²) in [6, 6.07) is 11.5. The van der Waals surface area contributed by atoms with Crippen molar-refractivity contribution < 1.29 is 36.2 Å². The van der Waals surface area contributed by atoms with E-state index < -0.39 is 19.4 Å². The van der Waals surface area contributed by atoms with Crippen LogP contribution < -0.4 is 14.8 Å². The highest BCUT2D eigenvalue weighted by molar-refractivity contribution is 5.78. The molecule has 0 spiro atoms. The van der Waals surface area contributed by atoms with Crippen LogP contribution in [0.1, 0.15) is 11.1 Å². The summed E-state index contributed by atoms with van der Waals surface area (Å²) in [5.74, 6) is -0.217. The maximum Gasteiger partial charge on any atom is 0.422 e. The monoisotopic (exact) mass is 389 g/mol. The molecule has 1 N–H and O–H groups in total. The first-order valence-electron chi connectivity index (χ1n) is 7.80. The van der Waals surface area contributed by atoms with Crippen molar-refractivity contribution >= 4 is 5.91 Å². The van der Waals surface area contributed by atoms with Crippen molar-refractivity contribution in [2.75, 3.05) is 6.61 Å². The van der Waals surface area contributed by atoms with Crippen LogP contribution in [0.5, 0.6) is 11.5 Å². The van der Waals surface area contributed by atoms with Crippen LogP contribution in [0, 0.1) is 0 Å². The summed E-state index contributed by atoms with van der Waals surface area (Å²) < 4.78 is 69.2. The minimum atomic E-state index is -4.41. The van der Waals surface area contributed by atoms with Gasteiger partial charge >= 0.3 is 12.8 Å². The van der Waals surface area contributed by atoms with E-state index in [2.05, 4.69) is 14.8 Å². The number of nitrogens with one attached hydrogen (secondary N) is 1. The molecule has 0 saturated heterocycles. The van der Waals surface area contributed by atoms with E-state index in [0.717, 1.165) is 0 Å². The minimum absolute atomic E-state index is 0.00184. The van der Waals surface area contributed by atoms with Gasteiger partial charge in [-0.15, -0.1) is 0 Å². The van der Waals surface area contributed by atoms with Gasteiger partial charge in [-0.1, -0.05) is 24.3 Å². The normalized spacial score (nSPS) is 11.3. The number of ether oxygens (including phenoxy) is 2. The Labute approximate surface area is 151 Å². The molecule has 9 heteroatoms. The summed E-state index contributed by atoms with van der Waals surface area (Å²) in [5.41, 5.74) is 1.30. The summed E-state index contributed by atoms with van der Waals surface area (Å²) in [4.78, 5) is 11.9. The van der Waals surface area contributed by atoms with E-state index in [1.807, 2.05) is 0 Å². The molecule has 2 aromatic carbocycles. The first-order valence-corrected chi connectivity index (χ1v) is 7.80. The second-order valence-electron chi connectivity index (χ2n) is 5.52. The molecule has 2 rings (SSSR count). The average Bonchev–Trinajstić information content (AvgIpc) is 2.60. The molecule has 4 nitrogen and oxygen atoms in total. The Balaban J connectivity index is 1.78. The van der Waals surface area contributed by atoms with E-state index in [0.29, 0.717) is 11.1 Å². The van der Waals surface area contributed by atoms with E-state index >= 15 is 0 Å². The van der Waals surface area contributed by atoms with Crippen LogP contribution in [0.4, 0.5) is 22.0 Å². The lowest BCUT2D eigenvalue weighted by molar-refractivity contribution is -0.153. The smallest absolute Gasteiger partial charge is 0.422 e. The van der Waals surface area contributed by atoms with Gasteiger partial charge in [-0.05, 0) is 35.4 Å². The van der Waals surface area contributed by atoms with Gasteiger partial charge < -0.3 is 14.8 Å². The van der Waals surface area contributed by atoms with Crippen molar-refractivity contribution in [1.82, 2.24) is 5.32 Å². The molecule has 0 saturated carbocycles. The molecule has 0 bridgehead atoms. The van der Waals surface area contributed by atoms with Crippen molar-refractivity contribution in [1.29, 1.82) is 0 Å². The lowest BCUT2D eigenvalue weighted by Crippen LogP contribution is -2.24. The van der Waals surface area contributed by atoms with Gasteiger partial charge in [0.25, 0.3) is 0 Å². The third kappa shape index (κ3) is 7.93. The second-order valence-corrected chi connectivity index (χ2v) is 5.52. The zero-order chi connectivity index (χ0) is 19.9. The third-order valence-electron chi connectivity index (χ3n) is 3.33. The molecule has 0 aliphatic carbocycles. The molecule has 0 heterocycles. The molecule has 146 valence electrons. The molecule has 27 heavy (non-hydrogen) atoms. The summed E-state index contributed by atoms with van der Waals surface area (Å²) >= 11 is 0. The Hall–Kier alpha value is -2.84. The van der Waals surface area contributed by atoms with E-state index in [1.54, 1.807) is 12.1 Å². The van der Waals surface area contributed by atoms with Crippen LogP contribution >= 0.6 is 0 Å². The molecule has 0 aromatic heterocycles. The number of carbonyl (C=O) groups is 1. The summed E-state index contributed by atoms with van der Waals surface area (Å²) in [5, 5.41) is 2.66. The van der Waals surface area contributed by atoms with Crippen LogP contribution in [0.2, 0.25) is 0 Å². The Morgan fingerprint density at radius 3 is 2.04 bits per heavy atom. The fourth-order valence-corrected chi connectivity index (χ4v) is 2.11. The molecule has 0 fully saturated rings. The van der Waals surface area contributed by atoms with Crippen molar-refractivity contribution in [3.63, 3.8) is 0 Å². The zero-order valence-electron chi connectivity index (χ0n) is 13.9. The Bertz CT molecular complexity index is 730. The van der Waals surface area contributed by atoms with Gasteiger partial charge in [0.15, 0.2) is 6.61 Å². The van der Waals surface area contributed by atoms with Gasteiger partial charge in [0.05, 0.1) is 6.42 Å². The molecule has 0 unspecified atom stereocenters. The van der Waals surface area contributed by atoms with E-state index in [-0.39, 0.29) is 30.4 Å². The maximum atomic E-state index is 12.1.